The van der Waals surface area contributed by atoms with E-state index in [0.29, 0.717) is 6.61 Å². The summed E-state index contributed by atoms with van der Waals surface area (Å²) in [5, 5.41) is 0. The molecule has 2 atom stereocenters. The topological polar surface area (TPSA) is 57.4 Å². The van der Waals surface area contributed by atoms with Crippen molar-refractivity contribution in [2.24, 2.45) is 5.73 Å². The Balaban J connectivity index is 2.00. The first-order valence-electron chi connectivity index (χ1n) is 6.61. The highest BCUT2D eigenvalue weighted by atomic mass is 16.5. The largest absolute Gasteiger partial charge is 0.489 e. The molecule has 0 aromatic carbocycles. The Morgan fingerprint density at radius 2 is 2.39 bits per heavy atom. The highest BCUT2D eigenvalue weighted by Gasteiger charge is 2.17. The predicted octanol–water partition coefficient (Wildman–Crippen LogP) is 1.84. The van der Waals surface area contributed by atoms with Gasteiger partial charge in [-0.05, 0) is 38.8 Å². The number of rotatable bonds is 5. The molecule has 1 saturated heterocycles. The van der Waals surface area contributed by atoms with Gasteiger partial charge in [-0.1, -0.05) is 0 Å². The van der Waals surface area contributed by atoms with Gasteiger partial charge in [0.2, 0.25) is 0 Å². The van der Waals surface area contributed by atoms with Crippen LogP contribution in [0, 0.1) is 6.92 Å². The summed E-state index contributed by atoms with van der Waals surface area (Å²) in [6.45, 7) is 5.42. The quantitative estimate of drug-likeness (QED) is 0.866. The zero-order chi connectivity index (χ0) is 13.0. The molecule has 1 fully saturated rings. The molecule has 0 aliphatic carbocycles. The normalized spacial score (nSPS) is 20.9. The zero-order valence-corrected chi connectivity index (χ0v) is 11.2. The third-order valence-electron chi connectivity index (χ3n) is 3.04. The summed E-state index contributed by atoms with van der Waals surface area (Å²) in [7, 11) is 0. The van der Waals surface area contributed by atoms with Crippen molar-refractivity contribution in [3.05, 3.63) is 23.5 Å². The lowest BCUT2D eigenvalue weighted by molar-refractivity contribution is 0.0674. The van der Waals surface area contributed by atoms with Crippen LogP contribution in [0.3, 0.4) is 0 Å². The first kappa shape index (κ1) is 13.3. The van der Waals surface area contributed by atoms with Gasteiger partial charge in [-0.2, -0.15) is 0 Å². The lowest BCUT2D eigenvalue weighted by atomic mass is 10.1. The van der Waals surface area contributed by atoms with E-state index in [2.05, 4.69) is 4.98 Å². The fraction of sp³-hybridized carbons (Fsp3) is 0.643. The van der Waals surface area contributed by atoms with Crippen molar-refractivity contribution in [1.29, 1.82) is 0 Å². The van der Waals surface area contributed by atoms with Crippen molar-refractivity contribution in [3.63, 3.8) is 0 Å². The molecule has 2 rings (SSSR count). The van der Waals surface area contributed by atoms with Crippen LogP contribution in [-0.4, -0.2) is 30.3 Å². The summed E-state index contributed by atoms with van der Waals surface area (Å²) < 4.78 is 11.4. The molecule has 2 heterocycles. The minimum absolute atomic E-state index is 0.0874. The SMILES string of the molecule is Cc1ccc(OCC2CCCO2)c(CC(C)N)n1. The van der Waals surface area contributed by atoms with Crippen molar-refractivity contribution in [2.75, 3.05) is 13.2 Å². The molecule has 0 saturated carbocycles. The van der Waals surface area contributed by atoms with E-state index < -0.39 is 0 Å². The monoisotopic (exact) mass is 250 g/mol. The molecular weight excluding hydrogens is 228 g/mol. The molecule has 0 amide bonds. The maximum Gasteiger partial charge on any atom is 0.141 e. The molecule has 100 valence electrons. The van der Waals surface area contributed by atoms with E-state index in [4.69, 9.17) is 15.2 Å². The summed E-state index contributed by atoms with van der Waals surface area (Å²) in [5.74, 6) is 0.841. The molecule has 1 aliphatic rings. The van der Waals surface area contributed by atoms with E-state index in [1.807, 2.05) is 26.0 Å². The number of ether oxygens (including phenoxy) is 2. The van der Waals surface area contributed by atoms with Gasteiger partial charge >= 0.3 is 0 Å². The van der Waals surface area contributed by atoms with Crippen molar-refractivity contribution >= 4 is 0 Å². The maximum absolute atomic E-state index is 5.84. The number of nitrogens with two attached hydrogens (primary N) is 1. The minimum atomic E-state index is 0.0874. The first-order chi connectivity index (χ1) is 8.65. The second kappa shape index (κ2) is 6.16. The maximum atomic E-state index is 5.84. The third-order valence-corrected chi connectivity index (χ3v) is 3.04. The van der Waals surface area contributed by atoms with Crippen molar-refractivity contribution < 1.29 is 9.47 Å². The van der Waals surface area contributed by atoms with E-state index >= 15 is 0 Å². The van der Waals surface area contributed by atoms with Gasteiger partial charge in [-0.25, -0.2) is 0 Å². The van der Waals surface area contributed by atoms with Gasteiger partial charge in [0, 0.05) is 24.8 Å². The molecule has 2 N–H and O–H groups in total. The van der Waals surface area contributed by atoms with Gasteiger partial charge in [-0.15, -0.1) is 0 Å². The van der Waals surface area contributed by atoms with Crippen LogP contribution < -0.4 is 10.5 Å². The van der Waals surface area contributed by atoms with Crippen molar-refractivity contribution in [2.45, 2.75) is 45.3 Å². The lowest BCUT2D eigenvalue weighted by Crippen LogP contribution is -2.21. The van der Waals surface area contributed by atoms with Crippen LogP contribution in [0.15, 0.2) is 12.1 Å². The molecule has 2 unspecified atom stereocenters. The molecule has 0 spiro atoms. The van der Waals surface area contributed by atoms with E-state index in [1.54, 1.807) is 0 Å². The summed E-state index contributed by atoms with van der Waals surface area (Å²) in [6.07, 6.45) is 3.19. The van der Waals surface area contributed by atoms with Gasteiger partial charge in [0.25, 0.3) is 0 Å². The van der Waals surface area contributed by atoms with Gasteiger partial charge in [-0.3, -0.25) is 4.98 Å². The average molecular weight is 250 g/mol. The van der Waals surface area contributed by atoms with Crippen molar-refractivity contribution in [1.82, 2.24) is 4.98 Å². The molecule has 0 radical (unpaired) electrons. The second-order valence-corrected chi connectivity index (χ2v) is 5.02. The Morgan fingerprint density at radius 3 is 3.06 bits per heavy atom. The minimum Gasteiger partial charge on any atom is -0.489 e. The Kier molecular flexibility index (Phi) is 4.55. The fourth-order valence-corrected chi connectivity index (χ4v) is 2.14. The molecule has 1 aromatic heterocycles. The molecule has 4 heteroatoms. The van der Waals surface area contributed by atoms with Gasteiger partial charge < -0.3 is 15.2 Å². The molecule has 18 heavy (non-hydrogen) atoms. The Morgan fingerprint density at radius 1 is 1.56 bits per heavy atom. The summed E-state index contributed by atoms with van der Waals surface area (Å²) in [6, 6.07) is 4.04. The molecular formula is C14H22N2O2. The Labute approximate surface area is 108 Å². The van der Waals surface area contributed by atoms with Gasteiger partial charge in [0.05, 0.1) is 11.8 Å². The van der Waals surface area contributed by atoms with Crippen LogP contribution in [0.2, 0.25) is 0 Å². The van der Waals surface area contributed by atoms with Crippen LogP contribution >= 0.6 is 0 Å². The summed E-state index contributed by atoms with van der Waals surface area (Å²) >= 11 is 0. The second-order valence-electron chi connectivity index (χ2n) is 5.02. The van der Waals surface area contributed by atoms with E-state index in [9.17, 15) is 0 Å². The van der Waals surface area contributed by atoms with Crippen molar-refractivity contribution in [3.8, 4) is 5.75 Å². The zero-order valence-electron chi connectivity index (χ0n) is 11.2. The molecule has 1 aromatic rings. The number of nitrogens with zero attached hydrogens (tertiary/aromatic N) is 1. The van der Waals surface area contributed by atoms with Crippen LogP contribution in [0.5, 0.6) is 5.75 Å². The number of hydrogen-bond donors (Lipinski definition) is 1. The molecule has 0 bridgehead atoms. The summed E-state index contributed by atoms with van der Waals surface area (Å²) in [5.41, 5.74) is 7.78. The molecule has 1 aliphatic heterocycles. The highest BCUT2D eigenvalue weighted by molar-refractivity contribution is 5.30. The van der Waals surface area contributed by atoms with Crippen LogP contribution in [0.4, 0.5) is 0 Å². The standard InChI is InChI=1S/C14H22N2O2/c1-10(15)8-13-14(6-5-11(2)16-13)18-9-12-4-3-7-17-12/h5-6,10,12H,3-4,7-9,15H2,1-2H3. The number of pyridine rings is 1. The lowest BCUT2D eigenvalue weighted by Gasteiger charge is -2.15. The fourth-order valence-electron chi connectivity index (χ4n) is 2.14. The smallest absolute Gasteiger partial charge is 0.141 e. The van der Waals surface area contributed by atoms with Crippen LogP contribution in [-0.2, 0) is 11.2 Å². The third kappa shape index (κ3) is 3.68. The molecule has 4 nitrogen and oxygen atoms in total. The predicted molar refractivity (Wildman–Crippen MR) is 70.8 cm³/mol. The Bertz CT molecular complexity index is 387. The van der Waals surface area contributed by atoms with Gasteiger partial charge in [0.1, 0.15) is 12.4 Å². The Hall–Kier alpha value is -1.13. The van der Waals surface area contributed by atoms with E-state index in [-0.39, 0.29) is 12.1 Å². The first-order valence-corrected chi connectivity index (χ1v) is 6.61. The summed E-state index contributed by atoms with van der Waals surface area (Å²) in [4.78, 5) is 4.51. The average Bonchev–Trinajstić information content (AvgIpc) is 2.80. The van der Waals surface area contributed by atoms with Crippen LogP contribution in [0.1, 0.15) is 31.2 Å². The number of hydrogen-bond acceptors (Lipinski definition) is 4. The number of aryl methyl sites for hydroxylation is 1. The van der Waals surface area contributed by atoms with E-state index in [1.165, 1.54) is 0 Å². The van der Waals surface area contributed by atoms with E-state index in [0.717, 1.165) is 43.0 Å². The number of aromatic nitrogens is 1. The highest BCUT2D eigenvalue weighted by Crippen LogP contribution is 2.20. The van der Waals surface area contributed by atoms with Crippen LogP contribution in [0.25, 0.3) is 0 Å². The van der Waals surface area contributed by atoms with Gasteiger partial charge in [0.15, 0.2) is 0 Å².